The number of rotatable bonds is 3. The molecule has 9 heteroatoms. The van der Waals surface area contributed by atoms with Crippen LogP contribution in [0, 0.1) is 5.95 Å². The van der Waals surface area contributed by atoms with Gasteiger partial charge in [-0.05, 0) is 32.0 Å². The van der Waals surface area contributed by atoms with Gasteiger partial charge in [0, 0.05) is 30.9 Å². The van der Waals surface area contributed by atoms with Crippen molar-refractivity contribution < 1.29 is 13.9 Å². The van der Waals surface area contributed by atoms with Crippen molar-refractivity contribution in [3.8, 4) is 11.3 Å². The molecule has 3 aromatic heterocycles. The van der Waals surface area contributed by atoms with Crippen molar-refractivity contribution >= 4 is 22.8 Å². The molecular weight excluding hydrogens is 423 g/mol. The van der Waals surface area contributed by atoms with Gasteiger partial charge in [0.05, 0.1) is 49.6 Å². The molecule has 5 heterocycles. The summed E-state index contributed by atoms with van der Waals surface area (Å²) in [6.45, 7) is 12.3. The number of hydrogen-bond acceptors (Lipinski definition) is 8. The first-order valence-electron chi connectivity index (χ1n) is 11.6. The molecule has 2 saturated heterocycles. The number of anilines is 2. The predicted molar refractivity (Wildman–Crippen MR) is 127 cm³/mol. The van der Waals surface area contributed by atoms with E-state index in [4.69, 9.17) is 24.4 Å². The second kappa shape index (κ2) is 10.4. The molecule has 8 nitrogen and oxygen atoms in total. The minimum absolute atomic E-state index is 0.165. The number of morpholine rings is 2. The van der Waals surface area contributed by atoms with Gasteiger partial charge in [-0.2, -0.15) is 14.4 Å². The van der Waals surface area contributed by atoms with E-state index >= 15 is 0 Å². The average Bonchev–Trinajstić information content (AvgIpc) is 2.85. The maximum absolute atomic E-state index is 13.7. The van der Waals surface area contributed by atoms with Crippen LogP contribution in [0.2, 0.25) is 0 Å². The maximum Gasteiger partial charge on any atom is 0.229 e. The van der Waals surface area contributed by atoms with Gasteiger partial charge < -0.3 is 19.3 Å². The average molecular weight is 455 g/mol. The summed E-state index contributed by atoms with van der Waals surface area (Å²) in [5.41, 5.74) is 1.90. The molecule has 0 aromatic carbocycles. The Morgan fingerprint density at radius 2 is 1.61 bits per heavy atom. The van der Waals surface area contributed by atoms with Crippen molar-refractivity contribution in [3.63, 3.8) is 0 Å². The number of nitrogens with zero attached hydrogens (tertiary/aromatic N) is 6. The molecule has 33 heavy (non-hydrogen) atoms. The van der Waals surface area contributed by atoms with E-state index in [9.17, 15) is 4.39 Å². The summed E-state index contributed by atoms with van der Waals surface area (Å²) >= 11 is 0. The zero-order chi connectivity index (χ0) is 23.4. The maximum atomic E-state index is 13.7. The Bertz CT molecular complexity index is 1100. The third kappa shape index (κ3) is 4.89. The highest BCUT2D eigenvalue weighted by Gasteiger charge is 2.27. The number of halogens is 1. The summed E-state index contributed by atoms with van der Waals surface area (Å²) in [4.78, 5) is 22.7. The van der Waals surface area contributed by atoms with E-state index in [1.54, 1.807) is 6.07 Å². The molecule has 0 radical (unpaired) electrons. The SMILES string of the molecule is CC.C[C@H]1COCCN1c1nc(N2CCOC[C@@H]2C)c2ccc(-c3ccnc(F)c3)nc2n1. The van der Waals surface area contributed by atoms with Gasteiger partial charge in [-0.25, -0.2) is 9.97 Å². The first-order valence-corrected chi connectivity index (χ1v) is 11.6. The molecule has 176 valence electrons. The zero-order valence-corrected chi connectivity index (χ0v) is 19.7. The minimum Gasteiger partial charge on any atom is -0.377 e. The smallest absolute Gasteiger partial charge is 0.229 e. The van der Waals surface area contributed by atoms with Crippen LogP contribution in [0.1, 0.15) is 27.7 Å². The molecule has 0 spiro atoms. The van der Waals surface area contributed by atoms with E-state index in [0.717, 1.165) is 24.3 Å². The van der Waals surface area contributed by atoms with Crippen LogP contribution in [0.25, 0.3) is 22.3 Å². The van der Waals surface area contributed by atoms with E-state index in [-0.39, 0.29) is 12.1 Å². The number of fused-ring (bicyclic) bond motifs is 1. The Kier molecular flexibility index (Phi) is 7.29. The molecular formula is C24H31FN6O2. The summed E-state index contributed by atoms with van der Waals surface area (Å²) in [6.07, 6.45) is 1.44. The topological polar surface area (TPSA) is 76.5 Å². The third-order valence-electron chi connectivity index (χ3n) is 5.81. The van der Waals surface area contributed by atoms with Gasteiger partial charge in [0.1, 0.15) is 5.82 Å². The summed E-state index contributed by atoms with van der Waals surface area (Å²) in [5, 5.41) is 0.872. The van der Waals surface area contributed by atoms with Crippen LogP contribution in [0.5, 0.6) is 0 Å². The third-order valence-corrected chi connectivity index (χ3v) is 5.81. The quantitative estimate of drug-likeness (QED) is 0.555. The van der Waals surface area contributed by atoms with E-state index in [2.05, 4.69) is 28.6 Å². The fourth-order valence-corrected chi connectivity index (χ4v) is 4.12. The molecule has 2 aliphatic rings. The molecule has 2 aliphatic heterocycles. The largest absolute Gasteiger partial charge is 0.377 e. The Hall–Kier alpha value is -2.91. The summed E-state index contributed by atoms with van der Waals surface area (Å²) in [5.74, 6) is 0.963. The molecule has 0 N–H and O–H groups in total. The lowest BCUT2D eigenvalue weighted by atomic mass is 10.1. The summed E-state index contributed by atoms with van der Waals surface area (Å²) < 4.78 is 24.9. The lowest BCUT2D eigenvalue weighted by molar-refractivity contribution is 0.0973. The van der Waals surface area contributed by atoms with Crippen LogP contribution in [-0.2, 0) is 9.47 Å². The molecule has 2 fully saturated rings. The van der Waals surface area contributed by atoms with Gasteiger partial charge in [-0.3, -0.25) is 0 Å². The summed E-state index contributed by atoms with van der Waals surface area (Å²) in [7, 11) is 0. The van der Waals surface area contributed by atoms with Gasteiger partial charge in [0.2, 0.25) is 11.9 Å². The number of aromatic nitrogens is 4. The Morgan fingerprint density at radius 3 is 2.27 bits per heavy atom. The van der Waals surface area contributed by atoms with Crippen LogP contribution in [0.4, 0.5) is 16.2 Å². The standard InChI is InChI=1S/C22H25FN6O2.C2H6/c1-14-12-30-9-7-28(14)21-17-3-4-18(16-5-6-24-19(23)11-16)25-20(17)26-22(27-21)29-8-10-31-13-15(29)2;1-2/h3-6,11,14-15H,7-10,12-13H2,1-2H3;1-2H3/t14-,15-;/m0./s1. The van der Waals surface area contributed by atoms with Crippen molar-refractivity contribution in [2.24, 2.45) is 0 Å². The first-order chi connectivity index (χ1) is 16.1. The highest BCUT2D eigenvalue weighted by Crippen LogP contribution is 2.31. The molecule has 3 aromatic rings. The highest BCUT2D eigenvalue weighted by atomic mass is 19.1. The van der Waals surface area contributed by atoms with E-state index in [1.807, 2.05) is 26.0 Å². The van der Waals surface area contributed by atoms with Gasteiger partial charge >= 0.3 is 0 Å². The fraction of sp³-hybridized carbons (Fsp3) is 0.500. The van der Waals surface area contributed by atoms with Crippen molar-refractivity contribution in [1.82, 2.24) is 19.9 Å². The number of ether oxygens (including phenoxy) is 2. The van der Waals surface area contributed by atoms with Crippen LogP contribution in [-0.4, -0.2) is 71.5 Å². The second-order valence-electron chi connectivity index (χ2n) is 8.02. The number of hydrogen-bond donors (Lipinski definition) is 0. The lowest BCUT2D eigenvalue weighted by Crippen LogP contribution is -2.46. The van der Waals surface area contributed by atoms with Crippen LogP contribution in [0.3, 0.4) is 0 Å². The Labute approximate surface area is 193 Å². The predicted octanol–water partition coefficient (Wildman–Crippen LogP) is 3.70. The van der Waals surface area contributed by atoms with E-state index < -0.39 is 5.95 Å². The Morgan fingerprint density at radius 1 is 0.909 bits per heavy atom. The summed E-state index contributed by atoms with van der Waals surface area (Å²) in [6, 6.07) is 7.33. The van der Waals surface area contributed by atoms with E-state index in [1.165, 1.54) is 12.3 Å². The molecule has 0 bridgehead atoms. The second-order valence-corrected chi connectivity index (χ2v) is 8.02. The number of pyridine rings is 2. The first kappa shape index (κ1) is 23.3. The van der Waals surface area contributed by atoms with Gasteiger partial charge in [-0.15, -0.1) is 0 Å². The molecule has 2 atom stereocenters. The molecule has 0 amide bonds. The van der Waals surface area contributed by atoms with Gasteiger partial charge in [-0.1, -0.05) is 13.8 Å². The van der Waals surface area contributed by atoms with Crippen LogP contribution >= 0.6 is 0 Å². The van der Waals surface area contributed by atoms with Gasteiger partial charge in [0.25, 0.3) is 0 Å². The van der Waals surface area contributed by atoms with Crippen molar-refractivity contribution in [3.05, 3.63) is 36.4 Å². The Balaban J connectivity index is 0.00000126. The molecule has 0 aliphatic carbocycles. The van der Waals surface area contributed by atoms with Gasteiger partial charge in [0.15, 0.2) is 5.65 Å². The fourth-order valence-electron chi connectivity index (χ4n) is 4.12. The highest BCUT2D eigenvalue weighted by molar-refractivity contribution is 5.90. The van der Waals surface area contributed by atoms with Crippen molar-refractivity contribution in [1.29, 1.82) is 0 Å². The normalized spacial score (nSPS) is 21.0. The van der Waals surface area contributed by atoms with Crippen molar-refractivity contribution in [2.75, 3.05) is 49.3 Å². The molecule has 0 unspecified atom stereocenters. The van der Waals surface area contributed by atoms with Crippen LogP contribution < -0.4 is 9.80 Å². The van der Waals surface area contributed by atoms with Crippen molar-refractivity contribution in [2.45, 2.75) is 39.8 Å². The van der Waals surface area contributed by atoms with E-state index in [0.29, 0.717) is 49.3 Å². The van der Waals surface area contributed by atoms with Crippen LogP contribution in [0.15, 0.2) is 30.5 Å². The molecule has 0 saturated carbocycles. The monoisotopic (exact) mass is 454 g/mol. The minimum atomic E-state index is -0.534. The molecule has 5 rings (SSSR count). The lowest BCUT2D eigenvalue weighted by Gasteiger charge is -2.37. The zero-order valence-electron chi connectivity index (χ0n) is 19.7.